The maximum Gasteiger partial charge on any atom is 0.264 e. The number of hydrogen-bond donors (Lipinski definition) is 2. The van der Waals surface area contributed by atoms with Gasteiger partial charge in [0.1, 0.15) is 16.5 Å². The summed E-state index contributed by atoms with van der Waals surface area (Å²) in [5.74, 6) is 0.657. The van der Waals surface area contributed by atoms with Crippen LogP contribution in [0.2, 0.25) is 5.02 Å². The van der Waals surface area contributed by atoms with E-state index in [0.717, 1.165) is 4.47 Å². The first-order valence-electron chi connectivity index (χ1n) is 5.96. The number of nitrogens with one attached hydrogen (secondary N) is 2. The van der Waals surface area contributed by atoms with Gasteiger partial charge in [0.25, 0.3) is 10.0 Å². The van der Waals surface area contributed by atoms with E-state index in [1.54, 1.807) is 12.1 Å². The summed E-state index contributed by atoms with van der Waals surface area (Å²) >= 11 is 9.23. The molecule has 2 aromatic heterocycles. The van der Waals surface area contributed by atoms with Gasteiger partial charge in [0, 0.05) is 23.4 Å². The third-order valence-electron chi connectivity index (χ3n) is 2.44. The highest BCUT2D eigenvalue weighted by atomic mass is 79.9. The molecule has 2 heterocycles. The minimum Gasteiger partial charge on any atom is -0.369 e. The summed E-state index contributed by atoms with van der Waals surface area (Å²) in [5.41, 5.74) is 0. The quantitative estimate of drug-likeness (QED) is 0.818. The van der Waals surface area contributed by atoms with E-state index >= 15 is 0 Å². The van der Waals surface area contributed by atoms with Crippen molar-refractivity contribution in [3.05, 3.63) is 40.1 Å². The van der Waals surface area contributed by atoms with Crippen LogP contribution in [-0.2, 0) is 10.0 Å². The van der Waals surface area contributed by atoms with Crippen molar-refractivity contribution in [2.45, 2.75) is 11.8 Å². The van der Waals surface area contributed by atoms with Gasteiger partial charge in [-0.05, 0) is 41.1 Å². The van der Waals surface area contributed by atoms with E-state index in [1.165, 1.54) is 18.5 Å². The predicted molar refractivity (Wildman–Crippen MR) is 86.2 cm³/mol. The second-order valence-electron chi connectivity index (χ2n) is 4.00. The highest BCUT2D eigenvalue weighted by molar-refractivity contribution is 9.10. The lowest BCUT2D eigenvalue weighted by molar-refractivity contribution is 0.600. The zero-order valence-electron chi connectivity index (χ0n) is 11.0. The van der Waals surface area contributed by atoms with Gasteiger partial charge in [0.15, 0.2) is 0 Å². The topological polar surface area (TPSA) is 84.0 Å². The van der Waals surface area contributed by atoms with Crippen molar-refractivity contribution in [1.29, 1.82) is 0 Å². The summed E-state index contributed by atoms with van der Waals surface area (Å²) in [5, 5.41) is 3.17. The maximum absolute atomic E-state index is 12.2. The fraction of sp³-hybridized carbons (Fsp3) is 0.167. The van der Waals surface area contributed by atoms with E-state index < -0.39 is 10.0 Å². The lowest BCUT2D eigenvalue weighted by Crippen LogP contribution is -2.14. The van der Waals surface area contributed by atoms with Crippen molar-refractivity contribution in [3.63, 3.8) is 0 Å². The predicted octanol–water partition coefficient (Wildman–Crippen LogP) is 3.13. The molecule has 0 saturated carbocycles. The number of nitrogens with zero attached hydrogens (tertiary/aromatic N) is 2. The molecule has 0 aliphatic carbocycles. The average Bonchev–Trinajstić information content (AvgIpc) is 2.43. The lowest BCUT2D eigenvalue weighted by atomic mass is 10.4. The van der Waals surface area contributed by atoms with Crippen LogP contribution in [0.5, 0.6) is 0 Å². The van der Waals surface area contributed by atoms with Crippen molar-refractivity contribution in [2.75, 3.05) is 16.6 Å². The van der Waals surface area contributed by atoms with Crippen LogP contribution in [0.15, 0.2) is 40.0 Å². The van der Waals surface area contributed by atoms with Crippen molar-refractivity contribution >= 4 is 49.2 Å². The van der Waals surface area contributed by atoms with E-state index in [-0.39, 0.29) is 15.7 Å². The van der Waals surface area contributed by atoms with Crippen molar-refractivity contribution in [1.82, 2.24) is 9.97 Å². The fourth-order valence-corrected chi connectivity index (χ4v) is 3.01. The van der Waals surface area contributed by atoms with Crippen LogP contribution < -0.4 is 10.0 Å². The fourth-order valence-electron chi connectivity index (χ4n) is 1.50. The molecule has 0 aromatic carbocycles. The van der Waals surface area contributed by atoms with E-state index in [9.17, 15) is 8.42 Å². The third kappa shape index (κ3) is 4.05. The maximum atomic E-state index is 12.2. The molecule has 0 bridgehead atoms. The summed E-state index contributed by atoms with van der Waals surface area (Å²) in [7, 11) is -3.78. The summed E-state index contributed by atoms with van der Waals surface area (Å²) in [4.78, 5) is 7.93. The molecule has 0 radical (unpaired) electrons. The molecule has 6 nitrogen and oxygen atoms in total. The number of aromatic nitrogens is 2. The highest BCUT2D eigenvalue weighted by Gasteiger charge is 2.17. The Bertz CT molecular complexity index is 737. The zero-order valence-corrected chi connectivity index (χ0v) is 14.1. The lowest BCUT2D eigenvalue weighted by Gasteiger charge is -2.09. The molecule has 0 saturated heterocycles. The van der Waals surface area contributed by atoms with Gasteiger partial charge in [-0.3, -0.25) is 4.72 Å². The summed E-state index contributed by atoms with van der Waals surface area (Å²) in [6.45, 7) is 2.53. The van der Waals surface area contributed by atoms with Gasteiger partial charge in [-0.25, -0.2) is 18.4 Å². The van der Waals surface area contributed by atoms with Crippen LogP contribution >= 0.6 is 27.5 Å². The number of halogens is 2. The van der Waals surface area contributed by atoms with Crippen LogP contribution in [0.4, 0.5) is 11.6 Å². The Morgan fingerprint density at radius 1 is 1.29 bits per heavy atom. The number of hydrogen-bond acceptors (Lipinski definition) is 5. The Hall–Kier alpha value is -1.38. The van der Waals surface area contributed by atoms with E-state index in [2.05, 4.69) is 35.9 Å². The minimum absolute atomic E-state index is 0.0288. The van der Waals surface area contributed by atoms with E-state index in [0.29, 0.717) is 12.4 Å². The first kappa shape index (κ1) is 16.0. The normalized spacial score (nSPS) is 11.2. The average molecular weight is 392 g/mol. The molecule has 9 heteroatoms. The Kier molecular flexibility index (Phi) is 5.02. The standard InChI is InChI=1S/C12H12BrClN4O2S/c1-2-15-12-10(14)5-9(7-17-12)21(19,20)18-11-4-3-8(13)6-16-11/h3-7H,2H2,1H3,(H,15,17)(H,16,18). The second kappa shape index (κ2) is 6.59. The summed E-state index contributed by atoms with van der Waals surface area (Å²) in [6, 6.07) is 4.57. The molecule has 0 aliphatic heterocycles. The van der Waals surface area contributed by atoms with Gasteiger partial charge in [-0.15, -0.1) is 0 Å². The Balaban J connectivity index is 2.27. The van der Waals surface area contributed by atoms with Crippen LogP contribution in [0.3, 0.4) is 0 Å². The number of anilines is 2. The molecule has 0 amide bonds. The molecule has 0 fully saturated rings. The number of pyridine rings is 2. The molecule has 0 unspecified atom stereocenters. The minimum atomic E-state index is -3.78. The van der Waals surface area contributed by atoms with Crippen LogP contribution in [0.1, 0.15) is 6.92 Å². The molecular weight excluding hydrogens is 380 g/mol. The summed E-state index contributed by atoms with van der Waals surface area (Å²) < 4.78 is 27.6. The van der Waals surface area contributed by atoms with E-state index in [4.69, 9.17) is 11.6 Å². The van der Waals surface area contributed by atoms with Gasteiger partial charge in [-0.1, -0.05) is 11.6 Å². The molecule has 2 N–H and O–H groups in total. The number of rotatable bonds is 5. The van der Waals surface area contributed by atoms with Crippen LogP contribution in [0.25, 0.3) is 0 Å². The smallest absolute Gasteiger partial charge is 0.264 e. The third-order valence-corrected chi connectivity index (χ3v) is 4.52. The number of sulfonamides is 1. The van der Waals surface area contributed by atoms with Gasteiger partial charge in [0.05, 0.1) is 5.02 Å². The van der Waals surface area contributed by atoms with E-state index in [1.807, 2.05) is 6.92 Å². The highest BCUT2D eigenvalue weighted by Crippen LogP contribution is 2.23. The molecule has 112 valence electrons. The van der Waals surface area contributed by atoms with Gasteiger partial charge in [0.2, 0.25) is 0 Å². The Labute approximate surface area is 136 Å². The molecular formula is C12H12BrClN4O2S. The zero-order chi connectivity index (χ0) is 15.5. The van der Waals surface area contributed by atoms with Crippen LogP contribution in [-0.4, -0.2) is 24.9 Å². The second-order valence-corrected chi connectivity index (χ2v) is 7.00. The van der Waals surface area contributed by atoms with Gasteiger partial charge < -0.3 is 5.32 Å². The molecule has 0 spiro atoms. The summed E-state index contributed by atoms with van der Waals surface area (Å²) in [6.07, 6.45) is 2.74. The molecule has 21 heavy (non-hydrogen) atoms. The molecule has 0 atom stereocenters. The Morgan fingerprint density at radius 3 is 2.62 bits per heavy atom. The van der Waals surface area contributed by atoms with Crippen LogP contribution in [0, 0.1) is 0 Å². The molecule has 2 aromatic rings. The monoisotopic (exact) mass is 390 g/mol. The molecule has 0 aliphatic rings. The first-order chi connectivity index (χ1) is 9.92. The SMILES string of the molecule is CCNc1ncc(S(=O)(=O)Nc2ccc(Br)cn2)cc1Cl. The van der Waals surface area contributed by atoms with Crippen molar-refractivity contribution in [3.8, 4) is 0 Å². The largest absolute Gasteiger partial charge is 0.369 e. The van der Waals surface area contributed by atoms with Gasteiger partial charge in [-0.2, -0.15) is 0 Å². The molecule has 2 rings (SSSR count). The van der Waals surface area contributed by atoms with Gasteiger partial charge >= 0.3 is 0 Å². The van der Waals surface area contributed by atoms with Crippen molar-refractivity contribution < 1.29 is 8.42 Å². The first-order valence-corrected chi connectivity index (χ1v) is 8.61. The Morgan fingerprint density at radius 2 is 2.05 bits per heavy atom. The van der Waals surface area contributed by atoms with Crippen molar-refractivity contribution in [2.24, 2.45) is 0 Å².